The molecule has 1 aliphatic rings. The summed E-state index contributed by atoms with van der Waals surface area (Å²) < 4.78 is 26.3. The second-order valence-corrected chi connectivity index (χ2v) is 8.31. The number of rotatable bonds is 8. The van der Waals surface area contributed by atoms with E-state index in [0.717, 1.165) is 23.2 Å². The molecule has 4 rings (SSSR count). The number of amides is 1. The van der Waals surface area contributed by atoms with E-state index in [1.165, 1.54) is 23.1 Å². The number of aromatic nitrogens is 2. The minimum atomic E-state index is -0.441. The van der Waals surface area contributed by atoms with Gasteiger partial charge in [0.15, 0.2) is 5.11 Å². The van der Waals surface area contributed by atoms with Crippen LogP contribution >= 0.6 is 23.8 Å². The standard InChI is InChI=1S/C24H22ClFN4O3S/c1-3-29-12-16(11-27-29)13-30-23(31)20(28-24(30)34)9-15-4-6-21(32-2)17(8-15)14-33-22-7-5-18(26)10-19(22)25/h4-12H,3,13-14H2,1-2H3,(H,28,34)/b20-9+. The molecule has 34 heavy (non-hydrogen) atoms. The highest BCUT2D eigenvalue weighted by Crippen LogP contribution is 2.28. The van der Waals surface area contributed by atoms with Crippen molar-refractivity contribution in [3.05, 3.63) is 82.0 Å². The highest BCUT2D eigenvalue weighted by atomic mass is 35.5. The molecule has 10 heteroatoms. The predicted molar refractivity (Wildman–Crippen MR) is 131 cm³/mol. The summed E-state index contributed by atoms with van der Waals surface area (Å²) >= 11 is 11.4. The van der Waals surface area contributed by atoms with Crippen molar-refractivity contribution < 1.29 is 18.7 Å². The fourth-order valence-corrected chi connectivity index (χ4v) is 3.95. The number of aryl methyl sites for hydroxylation is 1. The number of hydrogen-bond acceptors (Lipinski definition) is 5. The van der Waals surface area contributed by atoms with Gasteiger partial charge in [0.1, 0.15) is 29.6 Å². The van der Waals surface area contributed by atoms with Crippen LogP contribution in [0.15, 0.2) is 54.5 Å². The van der Waals surface area contributed by atoms with Crippen molar-refractivity contribution in [3.63, 3.8) is 0 Å². The third kappa shape index (κ3) is 5.21. The number of hydrogen-bond donors (Lipinski definition) is 1. The normalized spacial score (nSPS) is 14.6. The Bertz CT molecular complexity index is 1280. The Morgan fingerprint density at radius 1 is 1.24 bits per heavy atom. The molecule has 176 valence electrons. The summed E-state index contributed by atoms with van der Waals surface area (Å²) in [5, 5.41) is 7.74. The van der Waals surface area contributed by atoms with Crippen LogP contribution in [0.5, 0.6) is 11.5 Å². The van der Waals surface area contributed by atoms with Gasteiger partial charge in [0.2, 0.25) is 0 Å². The summed E-state index contributed by atoms with van der Waals surface area (Å²) in [6.45, 7) is 3.22. The SMILES string of the molecule is CCn1cc(CN2C(=O)/C(=C\c3ccc(OC)c(COc4ccc(F)cc4Cl)c3)NC2=S)cn1. The molecule has 0 aliphatic carbocycles. The second kappa shape index (κ2) is 10.2. The van der Waals surface area contributed by atoms with Crippen molar-refractivity contribution in [2.75, 3.05) is 7.11 Å². The molecule has 1 aromatic heterocycles. The zero-order valence-corrected chi connectivity index (χ0v) is 20.1. The van der Waals surface area contributed by atoms with E-state index >= 15 is 0 Å². The second-order valence-electron chi connectivity index (χ2n) is 7.52. The maximum absolute atomic E-state index is 13.3. The lowest BCUT2D eigenvalue weighted by molar-refractivity contribution is -0.122. The maximum atomic E-state index is 13.3. The molecule has 0 bridgehead atoms. The fraction of sp³-hybridized carbons (Fsp3) is 0.208. The molecular formula is C24H22ClFN4O3S. The zero-order valence-electron chi connectivity index (χ0n) is 18.5. The number of halogens is 2. The lowest BCUT2D eigenvalue weighted by atomic mass is 10.1. The summed E-state index contributed by atoms with van der Waals surface area (Å²) in [7, 11) is 1.56. The van der Waals surface area contributed by atoms with Crippen LogP contribution in [0.2, 0.25) is 5.02 Å². The molecule has 1 N–H and O–H groups in total. The van der Waals surface area contributed by atoms with Gasteiger partial charge in [-0.15, -0.1) is 0 Å². The van der Waals surface area contributed by atoms with Crippen LogP contribution in [0.4, 0.5) is 4.39 Å². The summed E-state index contributed by atoms with van der Waals surface area (Å²) in [5.41, 5.74) is 2.74. The van der Waals surface area contributed by atoms with Gasteiger partial charge in [0.25, 0.3) is 5.91 Å². The van der Waals surface area contributed by atoms with Gasteiger partial charge in [-0.1, -0.05) is 17.7 Å². The van der Waals surface area contributed by atoms with Crippen molar-refractivity contribution in [1.82, 2.24) is 20.0 Å². The summed E-state index contributed by atoms with van der Waals surface area (Å²) in [6.07, 6.45) is 5.34. The van der Waals surface area contributed by atoms with Crippen LogP contribution in [0.1, 0.15) is 23.6 Å². The molecule has 0 saturated carbocycles. The van der Waals surface area contributed by atoms with Crippen LogP contribution in [-0.2, 0) is 24.5 Å². The van der Waals surface area contributed by atoms with Crippen molar-refractivity contribution in [2.45, 2.75) is 26.6 Å². The highest BCUT2D eigenvalue weighted by Gasteiger charge is 2.31. The first kappa shape index (κ1) is 23.7. The van der Waals surface area contributed by atoms with E-state index in [1.807, 2.05) is 25.3 Å². The van der Waals surface area contributed by atoms with Gasteiger partial charge in [0.05, 0.1) is 24.9 Å². The zero-order chi connectivity index (χ0) is 24.2. The molecule has 0 unspecified atom stereocenters. The van der Waals surface area contributed by atoms with Crippen LogP contribution in [0.25, 0.3) is 6.08 Å². The highest BCUT2D eigenvalue weighted by molar-refractivity contribution is 7.80. The number of benzene rings is 2. The summed E-state index contributed by atoms with van der Waals surface area (Å²) in [5.74, 6) is 0.300. The smallest absolute Gasteiger partial charge is 0.276 e. The number of nitrogens with one attached hydrogen (secondary N) is 1. The minimum Gasteiger partial charge on any atom is -0.496 e. The average Bonchev–Trinajstić information content (AvgIpc) is 3.38. The third-order valence-electron chi connectivity index (χ3n) is 5.21. The van der Waals surface area contributed by atoms with Gasteiger partial charge in [-0.25, -0.2) is 4.39 Å². The fourth-order valence-electron chi connectivity index (χ4n) is 3.47. The van der Waals surface area contributed by atoms with E-state index < -0.39 is 5.82 Å². The molecule has 3 aromatic rings. The molecule has 1 saturated heterocycles. The monoisotopic (exact) mass is 500 g/mol. The average molecular weight is 501 g/mol. The minimum absolute atomic E-state index is 0.138. The number of ether oxygens (including phenoxy) is 2. The quantitative estimate of drug-likeness (QED) is 0.362. The summed E-state index contributed by atoms with van der Waals surface area (Å²) in [4.78, 5) is 14.5. The Hall–Kier alpha value is -3.43. The van der Waals surface area contributed by atoms with Crippen molar-refractivity contribution >= 4 is 40.9 Å². The van der Waals surface area contributed by atoms with E-state index in [4.69, 9.17) is 33.3 Å². The first-order chi connectivity index (χ1) is 16.4. The van der Waals surface area contributed by atoms with E-state index in [-0.39, 0.29) is 17.5 Å². The lowest BCUT2D eigenvalue weighted by Crippen LogP contribution is -2.29. The van der Waals surface area contributed by atoms with E-state index in [0.29, 0.717) is 28.9 Å². The first-order valence-electron chi connectivity index (χ1n) is 10.5. The molecular weight excluding hydrogens is 479 g/mol. The molecule has 0 radical (unpaired) electrons. The van der Waals surface area contributed by atoms with Gasteiger partial charge in [-0.3, -0.25) is 14.4 Å². The molecule has 7 nitrogen and oxygen atoms in total. The van der Waals surface area contributed by atoms with E-state index in [2.05, 4.69) is 10.4 Å². The Labute approximate surface area is 206 Å². The van der Waals surface area contributed by atoms with Gasteiger partial charge in [-0.05, 0) is 61.1 Å². The molecule has 1 aliphatic heterocycles. The van der Waals surface area contributed by atoms with Gasteiger partial charge in [-0.2, -0.15) is 5.10 Å². The Kier molecular flexibility index (Phi) is 7.14. The Morgan fingerprint density at radius 3 is 2.74 bits per heavy atom. The summed E-state index contributed by atoms with van der Waals surface area (Å²) in [6, 6.07) is 9.39. The first-order valence-corrected chi connectivity index (χ1v) is 11.3. The lowest BCUT2D eigenvalue weighted by Gasteiger charge is -2.12. The molecule has 2 aromatic carbocycles. The maximum Gasteiger partial charge on any atom is 0.276 e. The third-order valence-corrected chi connectivity index (χ3v) is 5.82. The molecule has 1 fully saturated rings. The molecule has 0 atom stereocenters. The van der Waals surface area contributed by atoms with Crippen LogP contribution in [0, 0.1) is 5.82 Å². The van der Waals surface area contributed by atoms with Crippen LogP contribution in [0.3, 0.4) is 0 Å². The number of nitrogens with zero attached hydrogens (tertiary/aromatic N) is 3. The molecule has 1 amide bonds. The van der Waals surface area contributed by atoms with Gasteiger partial charge >= 0.3 is 0 Å². The van der Waals surface area contributed by atoms with Crippen molar-refractivity contribution in [3.8, 4) is 11.5 Å². The number of carbonyl (C=O) groups is 1. The molecule has 0 spiro atoms. The number of thiocarbonyl (C=S) groups is 1. The van der Waals surface area contributed by atoms with E-state index in [9.17, 15) is 9.18 Å². The van der Waals surface area contributed by atoms with Crippen molar-refractivity contribution in [2.24, 2.45) is 0 Å². The largest absolute Gasteiger partial charge is 0.496 e. The van der Waals surface area contributed by atoms with Gasteiger partial charge in [0, 0.05) is 23.9 Å². The Morgan fingerprint density at radius 2 is 2.03 bits per heavy atom. The Balaban J connectivity index is 1.51. The van der Waals surface area contributed by atoms with E-state index in [1.54, 1.807) is 30.1 Å². The van der Waals surface area contributed by atoms with Gasteiger partial charge < -0.3 is 14.8 Å². The topological polar surface area (TPSA) is 68.6 Å². The predicted octanol–water partition coefficient (Wildman–Crippen LogP) is 4.54. The van der Waals surface area contributed by atoms with Crippen LogP contribution < -0.4 is 14.8 Å². The molecule has 2 heterocycles. The number of carbonyl (C=O) groups excluding carboxylic acids is 1. The van der Waals surface area contributed by atoms with Crippen molar-refractivity contribution in [1.29, 1.82) is 0 Å². The number of methoxy groups -OCH3 is 1. The van der Waals surface area contributed by atoms with Crippen LogP contribution in [-0.4, -0.2) is 32.8 Å².